The molecule has 1 aromatic rings. The van der Waals surface area contributed by atoms with E-state index in [2.05, 4.69) is 5.32 Å². The summed E-state index contributed by atoms with van der Waals surface area (Å²) in [6.07, 6.45) is 0. The van der Waals surface area contributed by atoms with E-state index < -0.39 is 11.6 Å². The Labute approximate surface area is 127 Å². The quantitative estimate of drug-likeness (QED) is 0.880. The van der Waals surface area contributed by atoms with Crippen LogP contribution in [0.3, 0.4) is 0 Å². The molecule has 0 atom stereocenters. The molecule has 0 unspecified atom stereocenters. The van der Waals surface area contributed by atoms with Crippen molar-refractivity contribution in [3.05, 3.63) is 28.8 Å². The van der Waals surface area contributed by atoms with E-state index in [0.717, 1.165) is 0 Å². The molecule has 0 aromatic heterocycles. The second-order valence-corrected chi connectivity index (χ2v) is 5.83. The highest BCUT2D eigenvalue weighted by molar-refractivity contribution is 6.34. The number of halogens is 1. The van der Waals surface area contributed by atoms with Gasteiger partial charge < -0.3 is 20.1 Å². The lowest BCUT2D eigenvalue weighted by Crippen LogP contribution is -2.51. The second kappa shape index (κ2) is 5.91. The highest BCUT2D eigenvalue weighted by Crippen LogP contribution is 2.25. The number of hydrogen-bond acceptors (Lipinski definition) is 3. The molecule has 0 radical (unpaired) electrons. The average Bonchev–Trinajstić information content (AvgIpc) is 2.37. The molecule has 21 heavy (non-hydrogen) atoms. The lowest BCUT2D eigenvalue weighted by atomic mass is 10.1. The van der Waals surface area contributed by atoms with Crippen molar-refractivity contribution in [1.29, 1.82) is 0 Å². The van der Waals surface area contributed by atoms with Gasteiger partial charge in [0.2, 0.25) is 0 Å². The van der Waals surface area contributed by atoms with Gasteiger partial charge in [0.15, 0.2) is 0 Å². The van der Waals surface area contributed by atoms with Crippen LogP contribution in [0, 0.1) is 0 Å². The minimum Gasteiger partial charge on any atom is -0.478 e. The van der Waals surface area contributed by atoms with Crippen molar-refractivity contribution in [2.24, 2.45) is 0 Å². The monoisotopic (exact) mass is 312 g/mol. The van der Waals surface area contributed by atoms with Crippen molar-refractivity contribution in [3.8, 4) is 0 Å². The molecular weight excluding hydrogens is 296 g/mol. The number of carbonyl (C=O) groups is 2. The van der Waals surface area contributed by atoms with Gasteiger partial charge in [0.05, 0.1) is 29.5 Å². The van der Waals surface area contributed by atoms with E-state index in [1.165, 1.54) is 12.1 Å². The summed E-state index contributed by atoms with van der Waals surface area (Å²) in [4.78, 5) is 25.1. The first-order valence-electron chi connectivity index (χ1n) is 6.52. The van der Waals surface area contributed by atoms with Crippen molar-refractivity contribution >= 4 is 29.3 Å². The molecule has 7 heteroatoms. The van der Waals surface area contributed by atoms with E-state index in [-0.39, 0.29) is 22.3 Å². The highest BCUT2D eigenvalue weighted by atomic mass is 35.5. The number of ether oxygens (including phenoxy) is 1. The molecule has 0 saturated carbocycles. The number of amides is 2. The van der Waals surface area contributed by atoms with E-state index in [1.807, 2.05) is 13.8 Å². The number of urea groups is 1. The van der Waals surface area contributed by atoms with Crippen LogP contribution >= 0.6 is 11.6 Å². The average molecular weight is 313 g/mol. The molecule has 1 heterocycles. The van der Waals surface area contributed by atoms with E-state index >= 15 is 0 Å². The Balaban J connectivity index is 2.17. The first-order chi connectivity index (χ1) is 9.80. The summed E-state index contributed by atoms with van der Waals surface area (Å²) < 4.78 is 5.54. The zero-order chi connectivity index (χ0) is 15.6. The summed E-state index contributed by atoms with van der Waals surface area (Å²) in [5, 5.41) is 11.9. The van der Waals surface area contributed by atoms with Gasteiger partial charge in [-0.25, -0.2) is 9.59 Å². The van der Waals surface area contributed by atoms with Gasteiger partial charge in [-0.15, -0.1) is 0 Å². The Bertz CT molecular complexity index is 574. The maximum atomic E-state index is 12.3. The molecule has 1 saturated heterocycles. The first kappa shape index (κ1) is 15.6. The molecule has 1 fully saturated rings. The number of morpholine rings is 1. The van der Waals surface area contributed by atoms with Gasteiger partial charge in [-0.3, -0.25) is 0 Å². The summed E-state index contributed by atoms with van der Waals surface area (Å²) in [6, 6.07) is 4.21. The Morgan fingerprint density at radius 3 is 2.76 bits per heavy atom. The van der Waals surface area contributed by atoms with Crippen molar-refractivity contribution in [1.82, 2.24) is 4.90 Å². The zero-order valence-corrected chi connectivity index (χ0v) is 12.6. The number of hydrogen-bond donors (Lipinski definition) is 2. The molecule has 0 aliphatic carbocycles. The van der Waals surface area contributed by atoms with Gasteiger partial charge in [-0.1, -0.05) is 17.7 Å². The molecule has 1 aromatic carbocycles. The maximum absolute atomic E-state index is 12.3. The summed E-state index contributed by atoms with van der Waals surface area (Å²) in [5.41, 5.74) is -0.344. The van der Waals surface area contributed by atoms with Crippen molar-refractivity contribution in [2.45, 2.75) is 19.4 Å². The predicted molar refractivity (Wildman–Crippen MR) is 79.0 cm³/mol. The summed E-state index contributed by atoms with van der Waals surface area (Å²) in [5.74, 6) is -1.18. The number of benzene rings is 1. The van der Waals surface area contributed by atoms with Gasteiger partial charge >= 0.3 is 12.0 Å². The molecule has 2 amide bonds. The van der Waals surface area contributed by atoms with Crippen LogP contribution in [-0.2, 0) is 4.74 Å². The van der Waals surface area contributed by atoms with Gasteiger partial charge in [-0.2, -0.15) is 0 Å². The maximum Gasteiger partial charge on any atom is 0.339 e. The molecule has 0 bridgehead atoms. The molecule has 2 N–H and O–H groups in total. The Morgan fingerprint density at radius 2 is 2.14 bits per heavy atom. The number of carboxylic acids is 1. The van der Waals surface area contributed by atoms with Crippen LogP contribution in [0.5, 0.6) is 0 Å². The fourth-order valence-electron chi connectivity index (χ4n) is 2.23. The van der Waals surface area contributed by atoms with Crippen LogP contribution in [0.25, 0.3) is 0 Å². The molecule has 0 spiro atoms. The zero-order valence-electron chi connectivity index (χ0n) is 11.9. The fourth-order valence-corrected chi connectivity index (χ4v) is 2.49. The second-order valence-electron chi connectivity index (χ2n) is 5.43. The fraction of sp³-hybridized carbons (Fsp3) is 0.429. The number of carbonyl (C=O) groups excluding carboxylic acids is 1. The van der Waals surface area contributed by atoms with Crippen molar-refractivity contribution in [3.63, 3.8) is 0 Å². The van der Waals surface area contributed by atoms with Crippen molar-refractivity contribution in [2.75, 3.05) is 25.0 Å². The standard InChI is InChI=1S/C14H17ClN2O4/c1-14(2)8-17(6-7-21-14)13(20)16-10-5-3-4-9(15)11(10)12(18)19/h3-5H,6-8H2,1-2H3,(H,16,20)(H,18,19). The third-order valence-corrected chi connectivity index (χ3v) is 3.50. The number of nitrogens with one attached hydrogen (secondary N) is 1. The minimum atomic E-state index is -1.18. The van der Waals surface area contributed by atoms with Crippen LogP contribution in [0.2, 0.25) is 5.02 Å². The third kappa shape index (κ3) is 3.65. The van der Waals surface area contributed by atoms with Crippen LogP contribution in [-0.4, -0.2) is 47.3 Å². The van der Waals surface area contributed by atoms with Crippen molar-refractivity contribution < 1.29 is 19.4 Å². The SMILES string of the molecule is CC1(C)CN(C(=O)Nc2cccc(Cl)c2C(=O)O)CCO1. The number of aromatic carboxylic acids is 1. The lowest BCUT2D eigenvalue weighted by Gasteiger charge is -2.38. The summed E-state index contributed by atoms with van der Waals surface area (Å²) in [6.45, 7) is 5.13. The van der Waals surface area contributed by atoms with Gasteiger partial charge in [-0.05, 0) is 26.0 Å². The lowest BCUT2D eigenvalue weighted by molar-refractivity contribution is -0.0720. The molecule has 1 aliphatic rings. The Kier molecular flexibility index (Phi) is 4.39. The van der Waals surface area contributed by atoms with Crippen LogP contribution in [0.15, 0.2) is 18.2 Å². The van der Waals surface area contributed by atoms with Crippen LogP contribution in [0.4, 0.5) is 10.5 Å². The van der Waals surface area contributed by atoms with Crippen LogP contribution < -0.4 is 5.32 Å². The first-order valence-corrected chi connectivity index (χ1v) is 6.90. The number of carboxylic acid groups (broad SMARTS) is 1. The van der Waals surface area contributed by atoms with E-state index in [4.69, 9.17) is 16.3 Å². The molecule has 6 nitrogen and oxygen atoms in total. The topological polar surface area (TPSA) is 78.9 Å². The predicted octanol–water partition coefficient (Wildman–Crippen LogP) is 2.68. The summed E-state index contributed by atoms with van der Waals surface area (Å²) in [7, 11) is 0. The molecule has 2 rings (SSSR count). The van der Waals surface area contributed by atoms with E-state index in [0.29, 0.717) is 19.7 Å². The third-order valence-electron chi connectivity index (χ3n) is 3.18. The van der Waals surface area contributed by atoms with E-state index in [9.17, 15) is 14.7 Å². The molecular formula is C14H17ClN2O4. The normalized spacial score (nSPS) is 17.4. The van der Waals surface area contributed by atoms with E-state index in [1.54, 1.807) is 11.0 Å². The Morgan fingerprint density at radius 1 is 1.43 bits per heavy atom. The summed E-state index contributed by atoms with van der Waals surface area (Å²) >= 11 is 5.87. The minimum absolute atomic E-state index is 0.0857. The number of rotatable bonds is 2. The smallest absolute Gasteiger partial charge is 0.339 e. The van der Waals surface area contributed by atoms with Gasteiger partial charge in [0, 0.05) is 6.54 Å². The molecule has 114 valence electrons. The highest BCUT2D eigenvalue weighted by Gasteiger charge is 2.30. The number of nitrogens with zero attached hydrogens (tertiary/aromatic N) is 1. The van der Waals surface area contributed by atoms with Crippen LogP contribution in [0.1, 0.15) is 24.2 Å². The largest absolute Gasteiger partial charge is 0.478 e. The van der Waals surface area contributed by atoms with Gasteiger partial charge in [0.25, 0.3) is 0 Å². The number of anilines is 1. The van der Waals surface area contributed by atoms with Gasteiger partial charge in [0.1, 0.15) is 5.56 Å². The molecule has 1 aliphatic heterocycles. The Hall–Kier alpha value is -1.79.